The van der Waals surface area contributed by atoms with E-state index in [4.69, 9.17) is 0 Å². The molecule has 0 aromatic carbocycles. The van der Waals surface area contributed by atoms with Crippen molar-refractivity contribution in [2.24, 2.45) is 0 Å². The first-order valence-electron chi connectivity index (χ1n) is 5.99. The summed E-state index contributed by atoms with van der Waals surface area (Å²) in [4.78, 5) is 4.69. The van der Waals surface area contributed by atoms with Crippen molar-refractivity contribution in [2.75, 3.05) is 0 Å². The van der Waals surface area contributed by atoms with E-state index < -0.39 is 0 Å². The molecule has 0 fully saturated rings. The molecule has 0 saturated carbocycles. The van der Waals surface area contributed by atoms with Crippen LogP contribution in [-0.4, -0.2) is 4.98 Å². The van der Waals surface area contributed by atoms with E-state index >= 15 is 0 Å². The van der Waals surface area contributed by atoms with Crippen LogP contribution < -0.4 is 0 Å². The third kappa shape index (κ3) is 2.09. The van der Waals surface area contributed by atoms with Crippen LogP contribution in [0.15, 0.2) is 0 Å². The smallest absolute Gasteiger partial charge is 0.0998 e. The molecule has 0 aliphatic heterocycles. The molecule has 0 aliphatic carbocycles. The zero-order chi connectivity index (χ0) is 12.3. The number of nitriles is 1. The fraction of sp³-hybridized carbons (Fsp3) is 0.571. The van der Waals surface area contributed by atoms with E-state index in [-0.39, 0.29) is 0 Å². The van der Waals surface area contributed by atoms with Crippen LogP contribution in [0.25, 0.3) is 0 Å². The fourth-order valence-electron chi connectivity index (χ4n) is 2.18. The lowest BCUT2D eigenvalue weighted by Crippen LogP contribution is -2.08. The van der Waals surface area contributed by atoms with Gasteiger partial charge in [0.2, 0.25) is 0 Å². The summed E-state index contributed by atoms with van der Waals surface area (Å²) in [6, 6.07) is 2.35. The van der Waals surface area contributed by atoms with Crippen LogP contribution in [-0.2, 0) is 12.8 Å². The maximum Gasteiger partial charge on any atom is 0.0998 e. The quantitative estimate of drug-likeness (QED) is 0.775. The van der Waals surface area contributed by atoms with Crippen LogP contribution in [0.5, 0.6) is 0 Å². The van der Waals surface area contributed by atoms with Crippen molar-refractivity contribution in [1.29, 1.82) is 5.26 Å². The van der Waals surface area contributed by atoms with Crippen molar-refractivity contribution in [1.82, 2.24) is 4.98 Å². The first-order chi connectivity index (χ1) is 7.56. The Morgan fingerprint density at radius 3 is 2.12 bits per heavy atom. The summed E-state index contributed by atoms with van der Waals surface area (Å²) in [5.74, 6) is 0.363. The minimum atomic E-state index is 0.363. The molecule has 0 spiro atoms. The van der Waals surface area contributed by atoms with Crippen molar-refractivity contribution in [3.05, 3.63) is 28.1 Å². The molecule has 1 aromatic heterocycles. The molecule has 0 radical (unpaired) electrons. The van der Waals surface area contributed by atoms with Crippen LogP contribution in [0.2, 0.25) is 0 Å². The van der Waals surface area contributed by atoms with Crippen molar-refractivity contribution in [3.8, 4) is 6.07 Å². The van der Waals surface area contributed by atoms with Gasteiger partial charge in [-0.1, -0.05) is 27.7 Å². The first kappa shape index (κ1) is 12.7. The Morgan fingerprint density at radius 1 is 1.19 bits per heavy atom. The largest absolute Gasteiger partial charge is 0.257 e. The van der Waals surface area contributed by atoms with Crippen LogP contribution in [0.3, 0.4) is 0 Å². The van der Waals surface area contributed by atoms with E-state index in [1.165, 1.54) is 0 Å². The Kier molecular flexibility index (Phi) is 4.06. The van der Waals surface area contributed by atoms with E-state index in [0.29, 0.717) is 5.92 Å². The highest BCUT2D eigenvalue weighted by Crippen LogP contribution is 2.27. The second-order valence-corrected chi connectivity index (χ2v) is 4.39. The highest BCUT2D eigenvalue weighted by molar-refractivity contribution is 5.49. The predicted octanol–water partition coefficient (Wildman–Crippen LogP) is 3.51. The number of rotatable bonds is 3. The minimum Gasteiger partial charge on any atom is -0.257 e. The van der Waals surface area contributed by atoms with Gasteiger partial charge in [0.05, 0.1) is 11.6 Å². The minimum absolute atomic E-state index is 0.363. The number of hydrogen-bond acceptors (Lipinski definition) is 2. The molecular formula is C14H20N2. The van der Waals surface area contributed by atoms with Gasteiger partial charge >= 0.3 is 0 Å². The Balaban J connectivity index is 3.59. The first-order valence-corrected chi connectivity index (χ1v) is 5.99. The van der Waals surface area contributed by atoms with Gasteiger partial charge in [0.15, 0.2) is 0 Å². The summed E-state index contributed by atoms with van der Waals surface area (Å²) in [7, 11) is 0. The highest BCUT2D eigenvalue weighted by Gasteiger charge is 2.17. The lowest BCUT2D eigenvalue weighted by atomic mass is 9.91. The summed E-state index contributed by atoms with van der Waals surface area (Å²) in [5.41, 5.74) is 5.20. The molecule has 2 heteroatoms. The van der Waals surface area contributed by atoms with Crippen molar-refractivity contribution < 1.29 is 0 Å². The zero-order valence-electron chi connectivity index (χ0n) is 10.9. The van der Waals surface area contributed by atoms with Crippen LogP contribution >= 0.6 is 0 Å². The van der Waals surface area contributed by atoms with E-state index in [9.17, 15) is 5.26 Å². The monoisotopic (exact) mass is 216 g/mol. The van der Waals surface area contributed by atoms with Gasteiger partial charge in [0, 0.05) is 11.4 Å². The average molecular weight is 216 g/mol. The number of nitrogens with zero attached hydrogens (tertiary/aromatic N) is 2. The average Bonchev–Trinajstić information content (AvgIpc) is 2.27. The van der Waals surface area contributed by atoms with Gasteiger partial charge in [0.25, 0.3) is 0 Å². The molecule has 1 aromatic rings. The predicted molar refractivity (Wildman–Crippen MR) is 66.5 cm³/mol. The molecule has 16 heavy (non-hydrogen) atoms. The van der Waals surface area contributed by atoms with E-state index in [0.717, 1.165) is 40.9 Å². The Hall–Kier alpha value is -1.36. The van der Waals surface area contributed by atoms with Crippen molar-refractivity contribution >= 4 is 0 Å². The van der Waals surface area contributed by atoms with Gasteiger partial charge in [-0.2, -0.15) is 5.26 Å². The molecule has 1 heterocycles. The number of aromatic nitrogens is 1. The lowest BCUT2D eigenvalue weighted by Gasteiger charge is -2.17. The molecule has 0 amide bonds. The van der Waals surface area contributed by atoms with Gasteiger partial charge in [-0.05, 0) is 36.8 Å². The molecule has 2 nitrogen and oxygen atoms in total. The molecule has 1 rings (SSSR count). The van der Waals surface area contributed by atoms with Crippen LogP contribution in [0, 0.1) is 18.3 Å². The van der Waals surface area contributed by atoms with E-state index in [1.807, 2.05) is 6.92 Å². The van der Waals surface area contributed by atoms with Gasteiger partial charge in [-0.3, -0.25) is 4.98 Å². The second-order valence-electron chi connectivity index (χ2n) is 4.39. The van der Waals surface area contributed by atoms with Gasteiger partial charge < -0.3 is 0 Å². The molecule has 0 N–H and O–H groups in total. The third-order valence-corrected chi connectivity index (χ3v) is 3.02. The summed E-state index contributed by atoms with van der Waals surface area (Å²) in [6.07, 6.45) is 1.79. The van der Waals surface area contributed by atoms with Crippen LogP contribution in [0.1, 0.15) is 61.7 Å². The summed E-state index contributed by atoms with van der Waals surface area (Å²) in [6.45, 7) is 10.5. The highest BCUT2D eigenvalue weighted by atomic mass is 14.7. The Bertz CT molecular complexity index is 425. The zero-order valence-corrected chi connectivity index (χ0v) is 10.9. The molecule has 86 valence electrons. The maximum absolute atomic E-state index is 9.31. The van der Waals surface area contributed by atoms with Crippen molar-refractivity contribution in [3.63, 3.8) is 0 Å². The summed E-state index contributed by atoms with van der Waals surface area (Å²) >= 11 is 0. The topological polar surface area (TPSA) is 36.7 Å². The van der Waals surface area contributed by atoms with E-state index in [1.54, 1.807) is 0 Å². The molecule has 0 aliphatic rings. The van der Waals surface area contributed by atoms with Crippen LogP contribution in [0.4, 0.5) is 0 Å². The molecule has 0 atom stereocenters. The third-order valence-electron chi connectivity index (χ3n) is 3.02. The summed E-state index contributed by atoms with van der Waals surface area (Å²) < 4.78 is 0. The van der Waals surface area contributed by atoms with E-state index in [2.05, 4.69) is 38.7 Å². The second kappa shape index (κ2) is 5.12. The summed E-state index contributed by atoms with van der Waals surface area (Å²) in [5, 5.41) is 9.31. The molecular weight excluding hydrogens is 196 g/mol. The van der Waals surface area contributed by atoms with Gasteiger partial charge in [-0.15, -0.1) is 0 Å². The molecule has 0 unspecified atom stereocenters. The molecule has 0 saturated heterocycles. The lowest BCUT2D eigenvalue weighted by molar-refractivity contribution is 0.802. The Morgan fingerprint density at radius 2 is 1.75 bits per heavy atom. The van der Waals surface area contributed by atoms with Gasteiger partial charge in [-0.25, -0.2) is 0 Å². The maximum atomic E-state index is 9.31. The van der Waals surface area contributed by atoms with Gasteiger partial charge in [0.1, 0.15) is 0 Å². The SMILES string of the molecule is CCc1nc(CC)c(C(C)C)c(C#N)c1C. The fourth-order valence-corrected chi connectivity index (χ4v) is 2.18. The number of hydrogen-bond donors (Lipinski definition) is 0. The van der Waals surface area contributed by atoms with Crippen molar-refractivity contribution in [2.45, 2.75) is 53.4 Å². The normalized spacial score (nSPS) is 10.6. The Labute approximate surface area is 98.3 Å². The molecule has 0 bridgehead atoms. The number of aryl methyl sites for hydroxylation is 2. The number of pyridine rings is 1. The standard InChI is InChI=1S/C14H20N2/c1-6-12-10(5)11(8-15)14(9(3)4)13(7-2)16-12/h9H,6-7H2,1-5H3.